The number of nitrogens with zero attached hydrogens (tertiary/aromatic N) is 2. The monoisotopic (exact) mass is 386 g/mol. The molecule has 4 nitrogen and oxygen atoms in total. The van der Waals surface area contributed by atoms with Crippen LogP contribution in [0.4, 0.5) is 0 Å². The number of carbonyl (C=O) groups is 1. The fourth-order valence-corrected chi connectivity index (χ4v) is 5.02. The topological polar surface area (TPSA) is 32.8 Å². The third-order valence-corrected chi connectivity index (χ3v) is 6.38. The highest BCUT2D eigenvalue weighted by molar-refractivity contribution is 5.99. The molecule has 29 heavy (non-hydrogen) atoms. The quantitative estimate of drug-likeness (QED) is 0.676. The zero-order valence-corrected chi connectivity index (χ0v) is 17.2. The Morgan fingerprint density at radius 1 is 0.931 bits per heavy atom. The highest BCUT2D eigenvalue weighted by Crippen LogP contribution is 2.39. The summed E-state index contributed by atoms with van der Waals surface area (Å²) >= 11 is 0. The molecule has 0 saturated carbocycles. The van der Waals surface area contributed by atoms with Crippen molar-refractivity contribution in [1.29, 1.82) is 0 Å². The first-order valence-electron chi connectivity index (χ1n) is 10.1. The third-order valence-electron chi connectivity index (χ3n) is 6.38. The van der Waals surface area contributed by atoms with Crippen molar-refractivity contribution < 1.29 is 9.53 Å². The first-order chi connectivity index (χ1) is 14.0. The number of aryl methyl sites for hydroxylation is 1. The molecule has 0 bridgehead atoms. The van der Waals surface area contributed by atoms with E-state index in [-0.39, 0.29) is 5.91 Å². The molecular formula is C25H26N2O2. The Hall–Kier alpha value is -2.85. The first kappa shape index (κ1) is 18.2. The van der Waals surface area contributed by atoms with Gasteiger partial charge in [-0.15, -0.1) is 0 Å². The molecule has 4 heteroatoms. The number of hydrogen-bond donors (Lipinski definition) is 0. The average Bonchev–Trinajstić information content (AvgIpc) is 2.68. The molecule has 148 valence electrons. The Morgan fingerprint density at radius 2 is 1.66 bits per heavy atom. The van der Waals surface area contributed by atoms with Crippen molar-refractivity contribution in [3.63, 3.8) is 0 Å². The maximum atomic E-state index is 12.9. The number of likely N-dealkylation sites (tertiary alicyclic amines) is 2. The fourth-order valence-electron chi connectivity index (χ4n) is 5.02. The lowest BCUT2D eigenvalue weighted by molar-refractivity contribution is -0.0871. The molecule has 0 aliphatic carbocycles. The standard InChI is InChI=1S/C25H26N2O2/c1-17-10-22(29-3)8-9-23(17)20-6-4-19-12-21(7-5-18(19)11-20)24(28)27-15-25(16-27)13-26(2)14-25/h4-12H,13-16H2,1-3H3. The van der Waals surface area contributed by atoms with Crippen LogP contribution in [0.1, 0.15) is 15.9 Å². The number of rotatable bonds is 3. The molecule has 0 aromatic heterocycles. The predicted molar refractivity (Wildman–Crippen MR) is 117 cm³/mol. The lowest BCUT2D eigenvalue weighted by Crippen LogP contribution is -2.71. The summed E-state index contributed by atoms with van der Waals surface area (Å²) in [4.78, 5) is 17.2. The summed E-state index contributed by atoms with van der Waals surface area (Å²) < 4.78 is 5.32. The van der Waals surface area contributed by atoms with Crippen LogP contribution in [0.15, 0.2) is 54.6 Å². The van der Waals surface area contributed by atoms with Gasteiger partial charge in [-0.1, -0.05) is 24.3 Å². The molecule has 1 amide bonds. The number of carbonyl (C=O) groups excluding carboxylic acids is 1. The van der Waals surface area contributed by atoms with Gasteiger partial charge in [-0.2, -0.15) is 0 Å². The first-order valence-corrected chi connectivity index (χ1v) is 10.1. The summed E-state index contributed by atoms with van der Waals surface area (Å²) in [5, 5.41) is 2.25. The molecule has 2 heterocycles. The van der Waals surface area contributed by atoms with Crippen LogP contribution in [0, 0.1) is 12.3 Å². The van der Waals surface area contributed by atoms with Crippen molar-refractivity contribution in [1.82, 2.24) is 9.80 Å². The van der Waals surface area contributed by atoms with Gasteiger partial charge < -0.3 is 14.5 Å². The zero-order valence-electron chi connectivity index (χ0n) is 17.2. The molecular weight excluding hydrogens is 360 g/mol. The summed E-state index contributed by atoms with van der Waals surface area (Å²) in [5.74, 6) is 1.03. The van der Waals surface area contributed by atoms with Crippen LogP contribution in [0.2, 0.25) is 0 Å². The second kappa shape index (κ2) is 6.60. The minimum atomic E-state index is 0.155. The lowest BCUT2D eigenvalue weighted by Gasteiger charge is -2.59. The number of amides is 1. The Bertz CT molecular complexity index is 1110. The Morgan fingerprint density at radius 3 is 2.34 bits per heavy atom. The largest absolute Gasteiger partial charge is 0.497 e. The number of fused-ring (bicyclic) bond motifs is 1. The van der Waals surface area contributed by atoms with Crippen molar-refractivity contribution in [2.75, 3.05) is 40.3 Å². The van der Waals surface area contributed by atoms with Crippen molar-refractivity contribution in [2.24, 2.45) is 5.41 Å². The maximum Gasteiger partial charge on any atom is 0.253 e. The van der Waals surface area contributed by atoms with Crippen LogP contribution in [0.3, 0.4) is 0 Å². The van der Waals surface area contributed by atoms with Gasteiger partial charge >= 0.3 is 0 Å². The van der Waals surface area contributed by atoms with Crippen LogP contribution in [-0.4, -0.2) is 56.0 Å². The average molecular weight is 386 g/mol. The van der Waals surface area contributed by atoms with E-state index in [1.807, 2.05) is 23.1 Å². The highest BCUT2D eigenvalue weighted by atomic mass is 16.5. The van der Waals surface area contributed by atoms with E-state index < -0.39 is 0 Å². The van der Waals surface area contributed by atoms with Crippen molar-refractivity contribution in [3.05, 3.63) is 65.7 Å². The summed E-state index contributed by atoms with van der Waals surface area (Å²) in [6.45, 7) is 6.11. The van der Waals surface area contributed by atoms with E-state index in [9.17, 15) is 4.79 Å². The molecule has 0 N–H and O–H groups in total. The van der Waals surface area contributed by atoms with Gasteiger partial charge in [0.1, 0.15) is 5.75 Å². The van der Waals surface area contributed by atoms with Crippen LogP contribution >= 0.6 is 0 Å². The van der Waals surface area contributed by atoms with Crippen LogP contribution in [0.5, 0.6) is 5.75 Å². The van der Waals surface area contributed by atoms with Crippen LogP contribution in [0.25, 0.3) is 21.9 Å². The molecule has 2 aliphatic heterocycles. The smallest absolute Gasteiger partial charge is 0.253 e. The molecule has 5 rings (SSSR count). The second-order valence-corrected chi connectivity index (χ2v) is 8.79. The third kappa shape index (κ3) is 3.08. The minimum absolute atomic E-state index is 0.155. The van der Waals surface area contributed by atoms with Crippen LogP contribution < -0.4 is 4.74 Å². The molecule has 3 aromatic rings. The minimum Gasteiger partial charge on any atom is -0.497 e. The SMILES string of the molecule is COc1ccc(-c2ccc3cc(C(=O)N4CC5(CN(C)C5)C4)ccc3c2)c(C)c1. The number of ether oxygens (including phenoxy) is 1. The van der Waals surface area contributed by atoms with E-state index >= 15 is 0 Å². The molecule has 1 spiro atoms. The Labute approximate surface area is 171 Å². The van der Waals surface area contributed by atoms with Crippen molar-refractivity contribution in [2.45, 2.75) is 6.92 Å². The van der Waals surface area contributed by atoms with Crippen molar-refractivity contribution >= 4 is 16.7 Å². The van der Waals surface area contributed by atoms with E-state index in [1.165, 1.54) is 16.7 Å². The number of methoxy groups -OCH3 is 1. The van der Waals surface area contributed by atoms with Gasteiger partial charge in [0, 0.05) is 37.2 Å². The fraction of sp³-hybridized carbons (Fsp3) is 0.320. The van der Waals surface area contributed by atoms with Gasteiger partial charge in [0.15, 0.2) is 0 Å². The maximum absolute atomic E-state index is 12.9. The number of hydrogen-bond acceptors (Lipinski definition) is 3. The van der Waals surface area contributed by atoms with Gasteiger partial charge in [-0.25, -0.2) is 0 Å². The van der Waals surface area contributed by atoms with Gasteiger partial charge in [0.25, 0.3) is 5.91 Å². The lowest BCUT2D eigenvalue weighted by atomic mass is 9.73. The van der Waals surface area contributed by atoms with E-state index in [0.29, 0.717) is 5.41 Å². The second-order valence-electron chi connectivity index (χ2n) is 8.79. The molecule has 0 atom stereocenters. The predicted octanol–water partition coefficient (Wildman–Crippen LogP) is 4.21. The van der Waals surface area contributed by atoms with E-state index in [4.69, 9.17) is 4.74 Å². The Kier molecular flexibility index (Phi) is 4.14. The molecule has 3 aromatic carbocycles. The Balaban J connectivity index is 1.38. The molecule has 2 saturated heterocycles. The molecule has 2 fully saturated rings. The summed E-state index contributed by atoms with van der Waals surface area (Å²) in [7, 11) is 3.83. The van der Waals surface area contributed by atoms with Crippen LogP contribution in [-0.2, 0) is 0 Å². The summed E-state index contributed by atoms with van der Waals surface area (Å²) in [6, 6.07) is 18.7. The summed E-state index contributed by atoms with van der Waals surface area (Å²) in [6.07, 6.45) is 0. The highest BCUT2D eigenvalue weighted by Gasteiger charge is 2.51. The van der Waals surface area contributed by atoms with Crippen molar-refractivity contribution in [3.8, 4) is 16.9 Å². The van der Waals surface area contributed by atoms with Gasteiger partial charge in [0.05, 0.1) is 7.11 Å². The van der Waals surface area contributed by atoms with E-state index in [0.717, 1.165) is 48.3 Å². The molecule has 0 radical (unpaired) electrons. The molecule has 0 unspecified atom stereocenters. The normalized spacial score (nSPS) is 17.8. The van der Waals surface area contributed by atoms with E-state index in [2.05, 4.69) is 55.3 Å². The van der Waals surface area contributed by atoms with Gasteiger partial charge in [-0.3, -0.25) is 4.79 Å². The summed E-state index contributed by atoms with van der Waals surface area (Å²) in [5.41, 5.74) is 4.71. The van der Waals surface area contributed by atoms with E-state index in [1.54, 1.807) is 7.11 Å². The molecule has 2 aliphatic rings. The zero-order chi connectivity index (χ0) is 20.2. The number of benzene rings is 3. The van der Waals surface area contributed by atoms with Gasteiger partial charge in [-0.05, 0) is 71.8 Å². The van der Waals surface area contributed by atoms with Gasteiger partial charge in [0.2, 0.25) is 0 Å².